The average molecular weight is 326 g/mol. The van der Waals surface area contributed by atoms with Crippen molar-refractivity contribution in [2.75, 3.05) is 13.6 Å². The molecule has 2 aromatic rings. The molecule has 0 spiro atoms. The van der Waals surface area contributed by atoms with Crippen molar-refractivity contribution in [3.63, 3.8) is 0 Å². The number of hydrogen-bond donors (Lipinski definition) is 1. The van der Waals surface area contributed by atoms with Gasteiger partial charge in [0, 0.05) is 25.2 Å². The first-order valence-electron chi connectivity index (χ1n) is 8.66. The van der Waals surface area contributed by atoms with Crippen LogP contribution in [-0.4, -0.2) is 40.0 Å². The molecule has 0 unspecified atom stereocenters. The first kappa shape index (κ1) is 16.7. The lowest BCUT2D eigenvalue weighted by atomic mass is 10.0. The number of rotatable bonds is 5. The number of aryl methyl sites for hydroxylation is 2. The molecule has 2 atom stereocenters. The minimum absolute atomic E-state index is 0.0795. The highest BCUT2D eigenvalue weighted by Gasteiger charge is 2.28. The molecule has 1 aliphatic rings. The van der Waals surface area contributed by atoms with Gasteiger partial charge in [-0.2, -0.15) is 0 Å². The minimum Gasteiger partial charge on any atom is -0.350 e. The van der Waals surface area contributed by atoms with Crippen LogP contribution in [-0.2, 0) is 17.8 Å². The van der Waals surface area contributed by atoms with Crippen molar-refractivity contribution in [3.8, 4) is 0 Å². The molecule has 1 N–H and O–H groups in total. The Morgan fingerprint density at radius 1 is 1.42 bits per heavy atom. The summed E-state index contributed by atoms with van der Waals surface area (Å²) in [7, 11) is 2.00. The Hall–Kier alpha value is -2.14. The summed E-state index contributed by atoms with van der Waals surface area (Å²) in [5.74, 6) is 1.21. The maximum absolute atomic E-state index is 13.0. The summed E-state index contributed by atoms with van der Waals surface area (Å²) >= 11 is 0. The molecule has 0 fully saturated rings. The van der Waals surface area contributed by atoms with E-state index in [4.69, 9.17) is 0 Å². The SMILES string of the molecule is CCN(C)[C@@H](C(=O)N[C@@H]1CCc2nc(C)cn2C1)c1ccccc1. The second kappa shape index (κ2) is 7.18. The third-order valence-corrected chi connectivity index (χ3v) is 4.76. The zero-order valence-electron chi connectivity index (χ0n) is 14.7. The third-order valence-electron chi connectivity index (χ3n) is 4.76. The Balaban J connectivity index is 1.72. The van der Waals surface area contributed by atoms with Crippen LogP contribution >= 0.6 is 0 Å². The Bertz CT molecular complexity index is 695. The molecule has 0 radical (unpaired) electrons. The summed E-state index contributed by atoms with van der Waals surface area (Å²) in [5.41, 5.74) is 2.08. The number of imidazole rings is 1. The van der Waals surface area contributed by atoms with Crippen LogP contribution in [0.2, 0.25) is 0 Å². The normalized spacial score (nSPS) is 18.2. The van der Waals surface area contributed by atoms with Crippen LogP contribution in [0.3, 0.4) is 0 Å². The standard InChI is InChI=1S/C19H26N4O/c1-4-22(3)18(15-8-6-5-7-9-15)19(24)21-16-10-11-17-20-14(2)12-23(17)13-16/h5-9,12,16,18H,4,10-11,13H2,1-3H3,(H,21,24)/t16-,18-/m1/s1. The average Bonchev–Trinajstić information content (AvgIpc) is 2.95. The summed E-state index contributed by atoms with van der Waals surface area (Å²) in [6.45, 7) is 5.71. The molecule has 5 heteroatoms. The fraction of sp³-hybridized carbons (Fsp3) is 0.474. The summed E-state index contributed by atoms with van der Waals surface area (Å²) < 4.78 is 2.17. The van der Waals surface area contributed by atoms with Gasteiger partial charge in [-0.15, -0.1) is 0 Å². The number of nitrogens with one attached hydrogen (secondary N) is 1. The molecule has 128 valence electrons. The Morgan fingerprint density at radius 3 is 2.88 bits per heavy atom. The molecule has 5 nitrogen and oxygen atoms in total. The van der Waals surface area contributed by atoms with E-state index in [0.29, 0.717) is 0 Å². The van der Waals surface area contributed by atoms with E-state index in [-0.39, 0.29) is 18.0 Å². The topological polar surface area (TPSA) is 50.2 Å². The largest absolute Gasteiger partial charge is 0.350 e. The summed E-state index contributed by atoms with van der Waals surface area (Å²) in [6.07, 6.45) is 3.93. The number of amides is 1. The van der Waals surface area contributed by atoms with Crippen molar-refractivity contribution in [3.05, 3.63) is 53.6 Å². The number of carbonyl (C=O) groups is 1. The lowest BCUT2D eigenvalue weighted by molar-refractivity contribution is -0.127. The van der Waals surface area contributed by atoms with Gasteiger partial charge in [-0.3, -0.25) is 9.69 Å². The highest BCUT2D eigenvalue weighted by atomic mass is 16.2. The molecule has 3 rings (SSSR count). The van der Waals surface area contributed by atoms with E-state index in [1.54, 1.807) is 0 Å². The maximum Gasteiger partial charge on any atom is 0.242 e. The molecule has 0 saturated carbocycles. The van der Waals surface area contributed by atoms with Crippen LogP contribution in [0.5, 0.6) is 0 Å². The van der Waals surface area contributed by atoms with E-state index in [0.717, 1.165) is 43.0 Å². The lowest BCUT2D eigenvalue weighted by Crippen LogP contribution is -2.46. The molecule has 1 aliphatic heterocycles. The highest BCUT2D eigenvalue weighted by Crippen LogP contribution is 2.21. The number of carbonyl (C=O) groups excluding carboxylic acids is 1. The zero-order valence-corrected chi connectivity index (χ0v) is 14.7. The van der Waals surface area contributed by atoms with Gasteiger partial charge in [-0.25, -0.2) is 4.98 Å². The first-order valence-corrected chi connectivity index (χ1v) is 8.66. The van der Waals surface area contributed by atoms with Gasteiger partial charge in [0.1, 0.15) is 11.9 Å². The molecular weight excluding hydrogens is 300 g/mol. The molecule has 1 aromatic heterocycles. The first-order chi connectivity index (χ1) is 11.6. The van der Waals surface area contributed by atoms with Gasteiger partial charge in [-0.05, 0) is 32.5 Å². The van der Waals surface area contributed by atoms with Gasteiger partial charge in [-0.1, -0.05) is 37.3 Å². The second-order valence-corrected chi connectivity index (χ2v) is 6.58. The number of hydrogen-bond acceptors (Lipinski definition) is 3. The van der Waals surface area contributed by atoms with Crippen LogP contribution in [0, 0.1) is 6.92 Å². The Morgan fingerprint density at radius 2 is 2.17 bits per heavy atom. The van der Waals surface area contributed by atoms with Crippen LogP contribution in [0.1, 0.15) is 36.5 Å². The van der Waals surface area contributed by atoms with Gasteiger partial charge >= 0.3 is 0 Å². The van der Waals surface area contributed by atoms with Crippen molar-refractivity contribution in [1.29, 1.82) is 0 Å². The number of nitrogens with zero attached hydrogens (tertiary/aromatic N) is 3. The van der Waals surface area contributed by atoms with Crippen molar-refractivity contribution in [1.82, 2.24) is 19.8 Å². The number of fused-ring (bicyclic) bond motifs is 1. The Kier molecular flexibility index (Phi) is 5.00. The quantitative estimate of drug-likeness (QED) is 0.917. The van der Waals surface area contributed by atoms with Crippen molar-refractivity contribution >= 4 is 5.91 Å². The second-order valence-electron chi connectivity index (χ2n) is 6.58. The number of aromatic nitrogens is 2. The fourth-order valence-corrected chi connectivity index (χ4v) is 3.41. The molecule has 1 amide bonds. The minimum atomic E-state index is -0.248. The van der Waals surface area contributed by atoms with Crippen molar-refractivity contribution in [2.45, 2.75) is 45.3 Å². The lowest BCUT2D eigenvalue weighted by Gasteiger charge is -2.30. The van der Waals surface area contributed by atoms with Crippen molar-refractivity contribution < 1.29 is 4.79 Å². The van der Waals surface area contributed by atoms with Crippen LogP contribution in [0.15, 0.2) is 36.5 Å². The van der Waals surface area contributed by atoms with Gasteiger partial charge in [0.25, 0.3) is 0 Å². The van der Waals surface area contributed by atoms with Crippen molar-refractivity contribution in [2.24, 2.45) is 0 Å². The van der Waals surface area contributed by atoms with Gasteiger partial charge in [0.15, 0.2) is 0 Å². The van der Waals surface area contributed by atoms with E-state index in [1.807, 2.05) is 44.3 Å². The highest BCUT2D eigenvalue weighted by molar-refractivity contribution is 5.83. The van der Waals surface area contributed by atoms with Gasteiger partial charge in [0.05, 0.1) is 5.69 Å². The maximum atomic E-state index is 13.0. The Labute approximate surface area is 143 Å². The summed E-state index contributed by atoms with van der Waals surface area (Å²) in [6, 6.07) is 9.91. The van der Waals surface area contributed by atoms with E-state index in [2.05, 4.69) is 32.9 Å². The molecular formula is C19H26N4O. The van der Waals surface area contributed by atoms with E-state index < -0.39 is 0 Å². The predicted molar refractivity (Wildman–Crippen MR) is 94.7 cm³/mol. The molecule has 0 saturated heterocycles. The summed E-state index contributed by atoms with van der Waals surface area (Å²) in [5, 5.41) is 3.25. The molecule has 0 bridgehead atoms. The molecule has 2 heterocycles. The van der Waals surface area contributed by atoms with Crippen LogP contribution < -0.4 is 5.32 Å². The van der Waals surface area contributed by atoms with E-state index in [9.17, 15) is 4.79 Å². The molecule has 1 aromatic carbocycles. The van der Waals surface area contributed by atoms with E-state index >= 15 is 0 Å². The van der Waals surface area contributed by atoms with Gasteiger partial charge in [0.2, 0.25) is 5.91 Å². The zero-order chi connectivity index (χ0) is 17.1. The van der Waals surface area contributed by atoms with E-state index in [1.165, 1.54) is 0 Å². The van der Waals surface area contributed by atoms with Crippen LogP contribution in [0.4, 0.5) is 0 Å². The number of likely N-dealkylation sites (N-methyl/N-ethyl adjacent to an activating group) is 1. The third kappa shape index (κ3) is 3.51. The monoisotopic (exact) mass is 326 g/mol. The smallest absolute Gasteiger partial charge is 0.242 e. The molecule has 24 heavy (non-hydrogen) atoms. The predicted octanol–water partition coefficient (Wildman–Crippen LogP) is 2.32. The summed E-state index contributed by atoms with van der Waals surface area (Å²) in [4.78, 5) is 19.6. The fourth-order valence-electron chi connectivity index (χ4n) is 3.41. The van der Waals surface area contributed by atoms with Crippen LogP contribution in [0.25, 0.3) is 0 Å². The molecule has 0 aliphatic carbocycles. The number of benzene rings is 1. The van der Waals surface area contributed by atoms with Gasteiger partial charge < -0.3 is 9.88 Å².